The minimum Gasteiger partial charge on any atom is -0.502 e. The molecule has 5 heterocycles. The maximum atomic E-state index is 14.1. The normalized spacial score (nSPS) is 17.8. The van der Waals surface area contributed by atoms with Crippen molar-refractivity contribution in [1.82, 2.24) is 24.3 Å². The summed E-state index contributed by atoms with van der Waals surface area (Å²) in [5.74, 6) is -1.50. The molecule has 3 aromatic heterocycles. The van der Waals surface area contributed by atoms with Gasteiger partial charge in [0.05, 0.1) is 29.0 Å². The molecular formula is C22H22ClFN6O3. The van der Waals surface area contributed by atoms with E-state index >= 15 is 0 Å². The van der Waals surface area contributed by atoms with Gasteiger partial charge in [0, 0.05) is 37.2 Å². The molecule has 0 saturated carbocycles. The minimum atomic E-state index is -0.656. The second kappa shape index (κ2) is 8.18. The smallest absolute Gasteiger partial charge is 0.278 e. The van der Waals surface area contributed by atoms with Crippen LogP contribution in [0.5, 0.6) is 5.75 Å². The fraction of sp³-hybridized carbons (Fsp3) is 0.364. The molecule has 1 atom stereocenters. The molecule has 2 aliphatic heterocycles. The molecule has 2 aliphatic rings. The predicted octanol–water partition coefficient (Wildman–Crippen LogP) is 2.58. The Labute approximate surface area is 193 Å². The van der Waals surface area contributed by atoms with E-state index in [4.69, 9.17) is 11.6 Å². The van der Waals surface area contributed by atoms with Crippen molar-refractivity contribution in [1.29, 1.82) is 0 Å². The highest BCUT2D eigenvalue weighted by molar-refractivity contribution is 6.30. The van der Waals surface area contributed by atoms with Crippen LogP contribution in [0.3, 0.4) is 0 Å². The first-order valence-electron chi connectivity index (χ1n) is 10.8. The van der Waals surface area contributed by atoms with Gasteiger partial charge < -0.3 is 10.0 Å². The molecule has 33 heavy (non-hydrogen) atoms. The summed E-state index contributed by atoms with van der Waals surface area (Å²) in [6.07, 6.45) is 8.62. The summed E-state index contributed by atoms with van der Waals surface area (Å²) in [5.41, 5.74) is 0.119. The van der Waals surface area contributed by atoms with Crippen LogP contribution in [0.4, 0.5) is 4.39 Å². The van der Waals surface area contributed by atoms with E-state index < -0.39 is 17.0 Å². The highest BCUT2D eigenvalue weighted by Crippen LogP contribution is 2.31. The summed E-state index contributed by atoms with van der Waals surface area (Å²) < 4.78 is 17.2. The molecular weight excluding hydrogens is 451 g/mol. The van der Waals surface area contributed by atoms with Crippen LogP contribution in [0.1, 0.15) is 42.4 Å². The highest BCUT2D eigenvalue weighted by atomic mass is 35.5. The van der Waals surface area contributed by atoms with Crippen molar-refractivity contribution >= 4 is 17.5 Å². The number of piperidine rings is 1. The van der Waals surface area contributed by atoms with Crippen LogP contribution in [0.25, 0.3) is 11.1 Å². The first kappa shape index (κ1) is 21.4. The number of fused-ring (bicyclic) bond motifs is 3. The Morgan fingerprint density at radius 1 is 1.24 bits per heavy atom. The van der Waals surface area contributed by atoms with E-state index in [1.54, 1.807) is 22.0 Å². The van der Waals surface area contributed by atoms with Gasteiger partial charge in [-0.1, -0.05) is 11.6 Å². The summed E-state index contributed by atoms with van der Waals surface area (Å²) in [6.45, 7) is 3.11. The number of aromatic nitrogens is 4. The van der Waals surface area contributed by atoms with Crippen LogP contribution in [0, 0.1) is 5.82 Å². The molecule has 11 heteroatoms. The van der Waals surface area contributed by atoms with Crippen LogP contribution in [-0.4, -0.2) is 54.6 Å². The molecule has 0 radical (unpaired) electrons. The van der Waals surface area contributed by atoms with Crippen LogP contribution < -0.4 is 10.4 Å². The van der Waals surface area contributed by atoms with Gasteiger partial charge in [-0.15, -0.1) is 0 Å². The molecule has 1 saturated heterocycles. The molecule has 5 rings (SSSR count). The lowest BCUT2D eigenvalue weighted by Crippen LogP contribution is -2.62. The maximum Gasteiger partial charge on any atom is 0.278 e. The van der Waals surface area contributed by atoms with E-state index in [0.29, 0.717) is 18.7 Å². The molecule has 1 amide bonds. The summed E-state index contributed by atoms with van der Waals surface area (Å²) in [7, 11) is 0. The molecule has 172 valence electrons. The fourth-order valence-corrected chi connectivity index (χ4v) is 4.74. The minimum absolute atomic E-state index is 0.0245. The Morgan fingerprint density at radius 3 is 2.82 bits per heavy atom. The van der Waals surface area contributed by atoms with E-state index in [2.05, 4.69) is 10.1 Å². The van der Waals surface area contributed by atoms with Crippen molar-refractivity contribution in [2.24, 2.45) is 0 Å². The summed E-state index contributed by atoms with van der Waals surface area (Å²) in [4.78, 5) is 31.8. The SMILES string of the molecule is CCN1C(=O)c2c(O)c(=O)c(-c3cnn(Cc4ncc(Cl)cc4F)c3)cn2N2CCCC[C@H]12. The van der Waals surface area contributed by atoms with Gasteiger partial charge in [0.2, 0.25) is 5.43 Å². The Bertz CT molecular complexity index is 1310. The number of hydrogen-bond donors (Lipinski definition) is 1. The van der Waals surface area contributed by atoms with E-state index in [-0.39, 0.29) is 40.6 Å². The molecule has 9 nitrogen and oxygen atoms in total. The maximum absolute atomic E-state index is 14.1. The third kappa shape index (κ3) is 3.54. The van der Waals surface area contributed by atoms with E-state index in [9.17, 15) is 19.1 Å². The third-order valence-electron chi connectivity index (χ3n) is 6.19. The Hall–Kier alpha value is -3.40. The van der Waals surface area contributed by atoms with Crippen molar-refractivity contribution in [3.8, 4) is 16.9 Å². The number of amides is 1. The molecule has 1 N–H and O–H groups in total. The fourth-order valence-electron chi connectivity index (χ4n) is 4.59. The van der Waals surface area contributed by atoms with Gasteiger partial charge >= 0.3 is 0 Å². The van der Waals surface area contributed by atoms with Crippen molar-refractivity contribution in [3.05, 3.63) is 63.3 Å². The number of carbonyl (C=O) groups is 1. The zero-order valence-electron chi connectivity index (χ0n) is 17.9. The Balaban J connectivity index is 1.55. The van der Waals surface area contributed by atoms with Gasteiger partial charge in [-0.05, 0) is 32.3 Å². The number of halogens is 2. The lowest BCUT2D eigenvalue weighted by atomic mass is 10.0. The largest absolute Gasteiger partial charge is 0.502 e. The van der Waals surface area contributed by atoms with Gasteiger partial charge in [-0.2, -0.15) is 5.10 Å². The summed E-state index contributed by atoms with van der Waals surface area (Å²) >= 11 is 5.75. The summed E-state index contributed by atoms with van der Waals surface area (Å²) in [5, 5.41) is 17.2. The Morgan fingerprint density at radius 2 is 2.06 bits per heavy atom. The second-order valence-corrected chi connectivity index (χ2v) is 8.59. The molecule has 0 spiro atoms. The van der Waals surface area contributed by atoms with Gasteiger partial charge in [-0.3, -0.25) is 28.9 Å². The summed E-state index contributed by atoms with van der Waals surface area (Å²) in [6, 6.07) is 1.17. The van der Waals surface area contributed by atoms with Crippen LogP contribution in [0.2, 0.25) is 5.02 Å². The van der Waals surface area contributed by atoms with E-state index in [0.717, 1.165) is 19.3 Å². The molecule has 0 bridgehead atoms. The quantitative estimate of drug-likeness (QED) is 0.627. The van der Waals surface area contributed by atoms with Crippen LogP contribution >= 0.6 is 11.6 Å². The number of hydrogen-bond acceptors (Lipinski definition) is 6. The second-order valence-electron chi connectivity index (χ2n) is 8.15. The average Bonchev–Trinajstić information content (AvgIpc) is 3.26. The van der Waals surface area contributed by atoms with Crippen LogP contribution in [0.15, 0.2) is 35.6 Å². The standard InChI is InChI=1S/C22H22ClFN6O3/c1-2-28-18-5-3-4-6-29(18)30-11-15(20(31)21(32)19(30)22(28)33)13-8-26-27(10-13)12-17-16(24)7-14(23)9-25-17/h7-11,18,32H,2-6,12H2,1H3/t18-/m1/s1. The highest BCUT2D eigenvalue weighted by Gasteiger charge is 2.40. The molecule has 0 aliphatic carbocycles. The third-order valence-corrected chi connectivity index (χ3v) is 6.40. The first-order chi connectivity index (χ1) is 15.9. The average molecular weight is 473 g/mol. The van der Waals surface area contributed by atoms with Gasteiger partial charge in [0.15, 0.2) is 11.4 Å². The topological polar surface area (TPSA) is 96.5 Å². The van der Waals surface area contributed by atoms with Gasteiger partial charge in [0.1, 0.15) is 12.0 Å². The van der Waals surface area contributed by atoms with Gasteiger partial charge in [0.25, 0.3) is 5.91 Å². The van der Waals surface area contributed by atoms with Crippen molar-refractivity contribution in [2.45, 2.75) is 38.9 Å². The number of nitrogens with zero attached hydrogens (tertiary/aromatic N) is 6. The monoisotopic (exact) mass is 472 g/mol. The molecule has 1 fully saturated rings. The zero-order valence-corrected chi connectivity index (χ0v) is 18.7. The molecule has 0 aromatic carbocycles. The first-order valence-corrected chi connectivity index (χ1v) is 11.2. The van der Waals surface area contributed by atoms with Crippen molar-refractivity contribution < 1.29 is 14.3 Å². The zero-order chi connectivity index (χ0) is 23.3. The van der Waals surface area contributed by atoms with E-state index in [1.807, 2.05) is 11.9 Å². The van der Waals surface area contributed by atoms with E-state index in [1.165, 1.54) is 23.1 Å². The van der Waals surface area contributed by atoms with Crippen molar-refractivity contribution in [2.75, 3.05) is 18.1 Å². The molecule has 3 aromatic rings. The molecule has 0 unspecified atom stereocenters. The number of pyridine rings is 2. The number of aromatic hydroxyl groups is 1. The van der Waals surface area contributed by atoms with Gasteiger partial charge in [-0.25, -0.2) is 4.39 Å². The number of carbonyl (C=O) groups excluding carboxylic acids is 1. The predicted molar refractivity (Wildman–Crippen MR) is 119 cm³/mol. The lowest BCUT2D eigenvalue weighted by molar-refractivity contribution is 0.0536. The van der Waals surface area contributed by atoms with Crippen LogP contribution in [-0.2, 0) is 6.54 Å². The lowest BCUT2D eigenvalue weighted by Gasteiger charge is -2.48. The number of rotatable bonds is 4. The van der Waals surface area contributed by atoms with Crippen molar-refractivity contribution in [3.63, 3.8) is 0 Å². The Kier molecular flexibility index (Phi) is 5.32.